The van der Waals surface area contributed by atoms with E-state index in [1.54, 1.807) is 31.2 Å². The van der Waals surface area contributed by atoms with E-state index in [-0.39, 0.29) is 30.2 Å². The molecule has 9 heteroatoms. The summed E-state index contributed by atoms with van der Waals surface area (Å²) in [6.45, 7) is 1.48. The Morgan fingerprint density at radius 2 is 1.90 bits per heavy atom. The predicted octanol–water partition coefficient (Wildman–Crippen LogP) is 2.76. The van der Waals surface area contributed by atoms with E-state index in [4.69, 9.17) is 21.1 Å². The molecule has 0 saturated heterocycles. The number of esters is 2. The van der Waals surface area contributed by atoms with Crippen molar-refractivity contribution < 1.29 is 23.9 Å². The number of nitrogens with zero attached hydrogens (tertiary/aromatic N) is 1. The lowest BCUT2D eigenvalue weighted by molar-refractivity contribution is -0.139. The van der Waals surface area contributed by atoms with Crippen molar-refractivity contribution in [2.24, 2.45) is 0 Å². The number of hydrogen-bond donors (Lipinski definition) is 2. The molecule has 150 valence electrons. The average molecular weight is 416 g/mol. The van der Waals surface area contributed by atoms with Crippen LogP contribution in [0.3, 0.4) is 0 Å². The summed E-state index contributed by atoms with van der Waals surface area (Å²) in [5.41, 5.74) is 0.988. The molecule has 0 bridgehead atoms. The molecule has 1 atom stereocenters. The van der Waals surface area contributed by atoms with Gasteiger partial charge in [-0.3, -0.25) is 0 Å². The van der Waals surface area contributed by atoms with Gasteiger partial charge >= 0.3 is 18.0 Å². The highest BCUT2D eigenvalue weighted by Crippen LogP contribution is 2.28. The van der Waals surface area contributed by atoms with Crippen molar-refractivity contribution >= 4 is 29.6 Å². The molecule has 2 amide bonds. The number of ether oxygens (including phenoxy) is 2. The van der Waals surface area contributed by atoms with Crippen molar-refractivity contribution in [3.63, 3.8) is 0 Å². The molecule has 2 heterocycles. The fourth-order valence-electron chi connectivity index (χ4n) is 2.81. The van der Waals surface area contributed by atoms with E-state index < -0.39 is 24.0 Å². The van der Waals surface area contributed by atoms with Crippen molar-refractivity contribution in [3.05, 3.63) is 76.2 Å². The number of benzene rings is 1. The standard InChI is InChI=1S/C20H18ClN3O5/c1-2-28-19(26)16-15(11-29-18(25)14-10-13(21)8-9-22-14)23-20(27)24-17(16)12-6-4-3-5-7-12/h3-10,17H,2,11H2,1H3,(H2,23,24,27)/t17-/m0/s1. The van der Waals surface area contributed by atoms with Crippen LogP contribution < -0.4 is 10.6 Å². The monoisotopic (exact) mass is 415 g/mol. The van der Waals surface area contributed by atoms with Crippen molar-refractivity contribution in [3.8, 4) is 0 Å². The van der Waals surface area contributed by atoms with Gasteiger partial charge in [-0.2, -0.15) is 0 Å². The molecule has 8 nitrogen and oxygen atoms in total. The fraction of sp³-hybridized carbons (Fsp3) is 0.200. The second-order valence-electron chi connectivity index (χ2n) is 5.99. The molecule has 0 fully saturated rings. The average Bonchev–Trinajstić information content (AvgIpc) is 2.72. The summed E-state index contributed by atoms with van der Waals surface area (Å²) < 4.78 is 10.4. The number of carbonyl (C=O) groups excluding carboxylic acids is 3. The van der Waals surface area contributed by atoms with Crippen molar-refractivity contribution in [2.75, 3.05) is 13.2 Å². The first kappa shape index (κ1) is 20.3. The third kappa shape index (κ3) is 4.91. The van der Waals surface area contributed by atoms with Crippen LogP contribution in [0.2, 0.25) is 5.02 Å². The third-order valence-corrected chi connectivity index (χ3v) is 4.30. The minimum atomic E-state index is -0.748. The van der Waals surface area contributed by atoms with Gasteiger partial charge in [-0.15, -0.1) is 0 Å². The lowest BCUT2D eigenvalue weighted by atomic mass is 9.95. The summed E-state index contributed by atoms with van der Waals surface area (Å²) in [5, 5.41) is 5.56. The van der Waals surface area contributed by atoms with Crippen LogP contribution in [-0.4, -0.2) is 36.2 Å². The normalized spacial score (nSPS) is 15.9. The number of hydrogen-bond acceptors (Lipinski definition) is 6. The smallest absolute Gasteiger partial charge is 0.357 e. The van der Waals surface area contributed by atoms with Gasteiger partial charge in [0.15, 0.2) is 0 Å². The Balaban J connectivity index is 1.91. The first-order valence-corrected chi connectivity index (χ1v) is 9.18. The Kier molecular flexibility index (Phi) is 6.46. The van der Waals surface area contributed by atoms with Crippen LogP contribution in [0.25, 0.3) is 0 Å². The summed E-state index contributed by atoms with van der Waals surface area (Å²) in [5.74, 6) is -1.37. The van der Waals surface area contributed by atoms with E-state index in [1.165, 1.54) is 18.3 Å². The Morgan fingerprint density at radius 3 is 2.59 bits per heavy atom. The number of carbonyl (C=O) groups is 3. The summed E-state index contributed by atoms with van der Waals surface area (Å²) in [4.78, 5) is 40.9. The first-order chi connectivity index (χ1) is 14.0. The zero-order chi connectivity index (χ0) is 20.8. The zero-order valence-corrected chi connectivity index (χ0v) is 16.2. The highest BCUT2D eigenvalue weighted by Gasteiger charge is 2.34. The highest BCUT2D eigenvalue weighted by molar-refractivity contribution is 6.30. The Morgan fingerprint density at radius 1 is 1.14 bits per heavy atom. The second kappa shape index (κ2) is 9.20. The van der Waals surface area contributed by atoms with Crippen molar-refractivity contribution in [1.29, 1.82) is 0 Å². The second-order valence-corrected chi connectivity index (χ2v) is 6.43. The number of halogens is 1. The van der Waals surface area contributed by atoms with Gasteiger partial charge in [0.1, 0.15) is 12.3 Å². The van der Waals surface area contributed by atoms with E-state index in [9.17, 15) is 14.4 Å². The summed E-state index contributed by atoms with van der Waals surface area (Å²) in [6.07, 6.45) is 1.37. The maximum Gasteiger partial charge on any atom is 0.357 e. The molecule has 2 aromatic rings. The van der Waals surface area contributed by atoms with Crippen LogP contribution in [-0.2, 0) is 14.3 Å². The Bertz CT molecular complexity index is 962. The van der Waals surface area contributed by atoms with E-state index in [2.05, 4.69) is 15.6 Å². The van der Waals surface area contributed by atoms with Crippen LogP contribution in [0.1, 0.15) is 29.0 Å². The molecule has 1 aromatic carbocycles. The summed E-state index contributed by atoms with van der Waals surface area (Å²) >= 11 is 5.86. The lowest BCUT2D eigenvalue weighted by Gasteiger charge is -2.29. The number of nitrogens with one attached hydrogen (secondary N) is 2. The van der Waals surface area contributed by atoms with E-state index in [1.807, 2.05) is 6.07 Å². The quantitative estimate of drug-likeness (QED) is 0.702. The third-order valence-electron chi connectivity index (χ3n) is 4.06. The van der Waals surface area contributed by atoms with Crippen LogP contribution in [0.5, 0.6) is 0 Å². The summed E-state index contributed by atoms with van der Waals surface area (Å²) in [6, 6.07) is 10.6. The fourth-order valence-corrected chi connectivity index (χ4v) is 2.96. The number of amides is 2. The van der Waals surface area contributed by atoms with E-state index in [0.29, 0.717) is 10.6 Å². The maximum absolute atomic E-state index is 12.6. The minimum Gasteiger partial charge on any atom is -0.463 e. The van der Waals surface area contributed by atoms with Crippen LogP contribution in [0, 0.1) is 0 Å². The molecule has 3 rings (SSSR count). The minimum absolute atomic E-state index is 0.00987. The number of pyridine rings is 1. The lowest BCUT2D eigenvalue weighted by Crippen LogP contribution is -2.47. The van der Waals surface area contributed by atoms with Gasteiger partial charge < -0.3 is 20.1 Å². The molecule has 1 aliphatic heterocycles. The van der Waals surface area contributed by atoms with Gasteiger partial charge in [0, 0.05) is 11.2 Å². The molecule has 29 heavy (non-hydrogen) atoms. The largest absolute Gasteiger partial charge is 0.463 e. The van der Waals surface area contributed by atoms with E-state index in [0.717, 1.165) is 0 Å². The zero-order valence-electron chi connectivity index (χ0n) is 15.5. The van der Waals surface area contributed by atoms with Gasteiger partial charge in [-0.1, -0.05) is 41.9 Å². The summed E-state index contributed by atoms with van der Waals surface area (Å²) in [7, 11) is 0. The number of rotatable bonds is 6. The first-order valence-electron chi connectivity index (χ1n) is 8.81. The Labute approximate surface area is 171 Å². The van der Waals surface area contributed by atoms with Gasteiger partial charge in [-0.25, -0.2) is 19.4 Å². The highest BCUT2D eigenvalue weighted by atomic mass is 35.5. The molecular weight excluding hydrogens is 398 g/mol. The van der Waals surface area contributed by atoms with Crippen LogP contribution >= 0.6 is 11.6 Å². The molecule has 1 aromatic heterocycles. The van der Waals surface area contributed by atoms with Crippen molar-refractivity contribution in [2.45, 2.75) is 13.0 Å². The molecule has 0 unspecified atom stereocenters. The molecule has 0 aliphatic carbocycles. The van der Waals surface area contributed by atoms with Crippen LogP contribution in [0.15, 0.2) is 59.9 Å². The SMILES string of the molecule is CCOC(=O)C1=C(COC(=O)c2cc(Cl)ccn2)NC(=O)N[C@H]1c1ccccc1. The number of urea groups is 1. The van der Waals surface area contributed by atoms with Crippen molar-refractivity contribution in [1.82, 2.24) is 15.6 Å². The molecule has 2 N–H and O–H groups in total. The topological polar surface area (TPSA) is 107 Å². The van der Waals surface area contributed by atoms with Gasteiger partial charge in [0.2, 0.25) is 0 Å². The van der Waals surface area contributed by atoms with Gasteiger partial charge in [0.05, 0.1) is 23.9 Å². The maximum atomic E-state index is 12.6. The van der Waals surface area contributed by atoms with E-state index >= 15 is 0 Å². The molecule has 0 spiro atoms. The number of aromatic nitrogens is 1. The Hall–Kier alpha value is -3.39. The molecule has 0 radical (unpaired) electrons. The van der Waals surface area contributed by atoms with Gasteiger partial charge in [-0.05, 0) is 24.6 Å². The molecule has 1 aliphatic rings. The molecular formula is C20H18ClN3O5. The molecule has 0 saturated carbocycles. The van der Waals surface area contributed by atoms with Gasteiger partial charge in [0.25, 0.3) is 0 Å². The predicted molar refractivity (Wildman–Crippen MR) is 104 cm³/mol. The van der Waals surface area contributed by atoms with Crippen LogP contribution in [0.4, 0.5) is 4.79 Å².